The molecular weight excluding hydrogens is 281 g/mol. The van der Waals surface area contributed by atoms with Crippen LogP contribution in [0.5, 0.6) is 0 Å². The average molecular weight is 292 g/mol. The lowest BCUT2D eigenvalue weighted by Gasteiger charge is -2.06. The maximum Gasteiger partial charge on any atom is 0.134 e. The fourth-order valence-corrected chi connectivity index (χ4v) is 2.09. The van der Waals surface area contributed by atoms with Gasteiger partial charge in [0.25, 0.3) is 0 Å². The number of benzene rings is 1. The summed E-state index contributed by atoms with van der Waals surface area (Å²) in [6, 6.07) is 10.1. The van der Waals surface area contributed by atoms with Crippen LogP contribution in [-0.2, 0) is 6.54 Å². The molecule has 0 atom stereocenters. The molecule has 0 saturated heterocycles. The third kappa shape index (κ3) is 5.75. The zero-order valence-corrected chi connectivity index (χ0v) is 11.6. The Morgan fingerprint density at radius 2 is 2.06 bits per heavy atom. The lowest BCUT2D eigenvalue weighted by atomic mass is 10.2. The van der Waals surface area contributed by atoms with Crippen molar-refractivity contribution in [1.29, 1.82) is 0 Å². The van der Waals surface area contributed by atoms with Gasteiger partial charge in [-0.1, -0.05) is 77.5 Å². The van der Waals surface area contributed by atoms with E-state index in [2.05, 4.69) is 5.32 Å². The quantitative estimate of drug-likeness (QED) is 0.839. The molecule has 86 valence electrons. The van der Waals surface area contributed by atoms with Gasteiger partial charge in [0.15, 0.2) is 0 Å². The van der Waals surface area contributed by atoms with E-state index in [-0.39, 0.29) is 0 Å². The molecule has 1 aromatic carbocycles. The molecule has 0 radical (unpaired) electrons. The largest absolute Gasteiger partial charge is 0.367 e. The Morgan fingerprint density at radius 3 is 2.69 bits per heavy atom. The lowest BCUT2D eigenvalue weighted by Crippen LogP contribution is -2.17. The van der Waals surface area contributed by atoms with Crippen LogP contribution in [0, 0.1) is 0 Å². The van der Waals surface area contributed by atoms with Crippen LogP contribution in [0.25, 0.3) is 0 Å². The molecule has 0 amide bonds. The monoisotopic (exact) mass is 291 g/mol. The van der Waals surface area contributed by atoms with Crippen molar-refractivity contribution in [1.82, 2.24) is 5.32 Å². The van der Waals surface area contributed by atoms with Crippen LogP contribution in [0.2, 0.25) is 0 Å². The summed E-state index contributed by atoms with van der Waals surface area (Å²) in [6.45, 7) is 0.731. The number of rotatable bonds is 4. The highest BCUT2D eigenvalue weighted by molar-refractivity contribution is 8.23. The van der Waals surface area contributed by atoms with Crippen molar-refractivity contribution in [2.75, 3.05) is 5.75 Å². The van der Waals surface area contributed by atoms with Crippen LogP contribution >= 0.6 is 47.2 Å². The van der Waals surface area contributed by atoms with Gasteiger partial charge in [-0.2, -0.15) is 0 Å². The first-order valence-electron chi connectivity index (χ1n) is 4.61. The second kappa shape index (κ2) is 7.96. The Labute approximate surface area is 115 Å². The molecule has 1 nitrogen and oxygen atoms in total. The molecule has 5 heteroatoms. The second-order valence-corrected chi connectivity index (χ2v) is 5.33. The number of thiocarbonyl (C=S) groups is 1. The molecular formula is C11H11Cl2NS2. The SMILES string of the molecule is S=C(NCc1ccccc1)SCC(Cl)=CCl. The van der Waals surface area contributed by atoms with E-state index in [9.17, 15) is 0 Å². The topological polar surface area (TPSA) is 12.0 Å². The smallest absolute Gasteiger partial charge is 0.134 e. The summed E-state index contributed by atoms with van der Waals surface area (Å²) in [5.41, 5.74) is 2.55. The first kappa shape index (κ1) is 13.8. The zero-order valence-electron chi connectivity index (χ0n) is 8.45. The predicted octanol–water partition coefficient (Wildman–Crippen LogP) is 4.11. The molecule has 1 rings (SSSR count). The van der Waals surface area contributed by atoms with Gasteiger partial charge in [0.05, 0.1) is 0 Å². The Hall–Kier alpha value is -0.220. The van der Waals surface area contributed by atoms with E-state index >= 15 is 0 Å². The molecule has 0 fully saturated rings. The molecule has 0 saturated carbocycles. The standard InChI is InChI=1S/C11H11Cl2NS2/c12-6-10(13)8-16-11(15)14-7-9-4-2-1-3-5-9/h1-6H,7-8H2,(H,14,15). The first-order valence-corrected chi connectivity index (χ1v) is 6.82. The van der Waals surface area contributed by atoms with E-state index in [1.807, 2.05) is 30.3 Å². The van der Waals surface area contributed by atoms with Crippen LogP contribution < -0.4 is 5.32 Å². The average Bonchev–Trinajstić information content (AvgIpc) is 2.34. The normalized spacial score (nSPS) is 11.2. The fourth-order valence-electron chi connectivity index (χ4n) is 0.987. The molecule has 0 aliphatic heterocycles. The number of hydrogen-bond donors (Lipinski definition) is 1. The Kier molecular flexibility index (Phi) is 6.88. The van der Waals surface area contributed by atoms with E-state index in [0.717, 1.165) is 10.9 Å². The van der Waals surface area contributed by atoms with Crippen LogP contribution in [0.4, 0.5) is 0 Å². The van der Waals surface area contributed by atoms with Crippen molar-refractivity contribution >= 4 is 51.5 Å². The minimum atomic E-state index is 0.593. The summed E-state index contributed by atoms with van der Waals surface area (Å²) in [4.78, 5) is 0. The second-order valence-electron chi connectivity index (χ2n) is 2.97. The molecule has 0 unspecified atom stereocenters. The number of thioether (sulfide) groups is 1. The summed E-state index contributed by atoms with van der Waals surface area (Å²) >= 11 is 17.8. The molecule has 0 aliphatic rings. The maximum absolute atomic E-state index is 5.75. The van der Waals surface area contributed by atoms with Crippen molar-refractivity contribution in [3.05, 3.63) is 46.5 Å². The molecule has 0 heterocycles. The van der Waals surface area contributed by atoms with Crippen molar-refractivity contribution in [3.8, 4) is 0 Å². The van der Waals surface area contributed by atoms with Gasteiger partial charge in [0.1, 0.15) is 4.32 Å². The minimum absolute atomic E-state index is 0.593. The highest BCUT2D eigenvalue weighted by Crippen LogP contribution is 2.13. The Balaban J connectivity index is 2.26. The highest BCUT2D eigenvalue weighted by Gasteiger charge is 1.99. The molecule has 16 heavy (non-hydrogen) atoms. The summed E-state index contributed by atoms with van der Waals surface area (Å²) in [6.07, 6.45) is 0. The zero-order chi connectivity index (χ0) is 11.8. The molecule has 1 aromatic rings. The molecule has 0 aromatic heterocycles. The summed E-state index contributed by atoms with van der Waals surface area (Å²) in [5.74, 6) is 0.603. The highest BCUT2D eigenvalue weighted by atomic mass is 35.5. The van der Waals surface area contributed by atoms with Gasteiger partial charge in [0, 0.05) is 22.9 Å². The molecule has 0 spiro atoms. The Morgan fingerprint density at radius 1 is 1.38 bits per heavy atom. The van der Waals surface area contributed by atoms with E-state index in [4.69, 9.17) is 35.4 Å². The van der Waals surface area contributed by atoms with E-state index in [1.54, 1.807) is 0 Å². The fraction of sp³-hybridized carbons (Fsp3) is 0.182. The van der Waals surface area contributed by atoms with Crippen LogP contribution in [0.15, 0.2) is 40.9 Å². The lowest BCUT2D eigenvalue weighted by molar-refractivity contribution is 0.940. The summed E-state index contributed by atoms with van der Waals surface area (Å²) in [7, 11) is 0. The molecule has 0 aliphatic carbocycles. The van der Waals surface area contributed by atoms with Gasteiger partial charge in [-0.05, 0) is 5.56 Å². The van der Waals surface area contributed by atoms with Crippen LogP contribution in [0.1, 0.15) is 5.56 Å². The summed E-state index contributed by atoms with van der Waals surface area (Å²) < 4.78 is 0.723. The Bertz CT molecular complexity index is 366. The van der Waals surface area contributed by atoms with Gasteiger partial charge < -0.3 is 5.32 Å². The van der Waals surface area contributed by atoms with Gasteiger partial charge in [-0.15, -0.1) is 0 Å². The van der Waals surface area contributed by atoms with Gasteiger partial charge in [-0.3, -0.25) is 0 Å². The maximum atomic E-state index is 5.75. The van der Waals surface area contributed by atoms with Gasteiger partial charge >= 0.3 is 0 Å². The van der Waals surface area contributed by atoms with E-state index in [0.29, 0.717) is 10.8 Å². The van der Waals surface area contributed by atoms with Crippen LogP contribution in [0.3, 0.4) is 0 Å². The van der Waals surface area contributed by atoms with Crippen molar-refractivity contribution in [2.45, 2.75) is 6.54 Å². The van der Waals surface area contributed by atoms with Gasteiger partial charge in [-0.25, -0.2) is 0 Å². The molecule has 0 bridgehead atoms. The van der Waals surface area contributed by atoms with Gasteiger partial charge in [0.2, 0.25) is 0 Å². The molecule has 1 N–H and O–H groups in total. The van der Waals surface area contributed by atoms with Crippen molar-refractivity contribution < 1.29 is 0 Å². The van der Waals surface area contributed by atoms with E-state index in [1.165, 1.54) is 22.9 Å². The predicted molar refractivity (Wildman–Crippen MR) is 78.1 cm³/mol. The first-order chi connectivity index (χ1) is 7.72. The van der Waals surface area contributed by atoms with Crippen molar-refractivity contribution in [2.24, 2.45) is 0 Å². The third-order valence-corrected chi connectivity index (χ3v) is 3.88. The summed E-state index contributed by atoms with van der Waals surface area (Å²) in [5, 5.41) is 3.74. The minimum Gasteiger partial charge on any atom is -0.367 e. The van der Waals surface area contributed by atoms with Crippen molar-refractivity contribution in [3.63, 3.8) is 0 Å². The van der Waals surface area contributed by atoms with E-state index < -0.39 is 0 Å². The van der Waals surface area contributed by atoms with Crippen LogP contribution in [-0.4, -0.2) is 10.1 Å². The number of nitrogens with one attached hydrogen (secondary N) is 1. The number of hydrogen-bond acceptors (Lipinski definition) is 2. The third-order valence-electron chi connectivity index (χ3n) is 1.74. The number of halogens is 2.